The molecule has 0 bridgehead atoms. The summed E-state index contributed by atoms with van der Waals surface area (Å²) in [4.78, 5) is 4.75. The second kappa shape index (κ2) is 13.6. The standard InChI is InChI=1S/C57H38N2O/c1-5-17-39(18-6-1)40-29-31-44(32-30-40)59(43-23-11-4-12-24-43)45-33-35-48-47-25-13-15-27-51(47)57(52(48)37-45)53-38-46(58(41-19-7-2-8-20-41)42-21-9-3-10-22-42)34-36-49(53)56-55(57)50-26-14-16-28-54(50)60-56/h1-38H. The molecule has 3 nitrogen and oxygen atoms in total. The van der Waals surface area contributed by atoms with Gasteiger partial charge >= 0.3 is 0 Å². The summed E-state index contributed by atoms with van der Waals surface area (Å²) in [6.45, 7) is 0. The van der Waals surface area contributed by atoms with Gasteiger partial charge in [-0.3, -0.25) is 0 Å². The maximum atomic E-state index is 6.96. The number of rotatable bonds is 7. The molecule has 12 rings (SSSR count). The highest BCUT2D eigenvalue weighted by Gasteiger charge is 2.54. The maximum absolute atomic E-state index is 6.96. The van der Waals surface area contributed by atoms with Gasteiger partial charge in [-0.2, -0.15) is 0 Å². The van der Waals surface area contributed by atoms with E-state index in [0.29, 0.717) is 0 Å². The molecule has 282 valence electrons. The molecule has 3 heteroatoms. The average Bonchev–Trinajstić information content (AvgIpc) is 3.94. The van der Waals surface area contributed by atoms with Gasteiger partial charge in [-0.15, -0.1) is 0 Å². The van der Waals surface area contributed by atoms with Gasteiger partial charge in [-0.05, 0) is 124 Å². The molecule has 10 aromatic rings. The van der Waals surface area contributed by atoms with Gasteiger partial charge in [0.05, 0.1) is 5.41 Å². The highest BCUT2D eigenvalue weighted by molar-refractivity contribution is 6.03. The zero-order valence-electron chi connectivity index (χ0n) is 32.7. The topological polar surface area (TPSA) is 19.6 Å². The van der Waals surface area contributed by atoms with Crippen LogP contribution in [0.4, 0.5) is 34.1 Å². The summed E-state index contributed by atoms with van der Waals surface area (Å²) in [7, 11) is 0. The fraction of sp³-hybridized carbons (Fsp3) is 0.0175. The zero-order chi connectivity index (χ0) is 39.6. The van der Waals surface area contributed by atoms with E-state index in [1.54, 1.807) is 0 Å². The van der Waals surface area contributed by atoms with Crippen LogP contribution in [-0.4, -0.2) is 0 Å². The number of hydrogen-bond donors (Lipinski definition) is 0. The van der Waals surface area contributed by atoms with Crippen LogP contribution in [0.5, 0.6) is 0 Å². The van der Waals surface area contributed by atoms with Crippen LogP contribution in [0.25, 0.3) is 44.5 Å². The molecule has 2 aliphatic rings. The Labute approximate surface area is 349 Å². The van der Waals surface area contributed by atoms with Gasteiger partial charge in [0.1, 0.15) is 11.3 Å². The molecule has 1 spiro atoms. The number of nitrogens with zero attached hydrogens (tertiary/aromatic N) is 2. The van der Waals surface area contributed by atoms with Gasteiger partial charge in [0.15, 0.2) is 0 Å². The largest absolute Gasteiger partial charge is 0.456 e. The third-order valence-corrected chi connectivity index (χ3v) is 12.4. The Morgan fingerprint density at radius 2 is 0.750 bits per heavy atom. The van der Waals surface area contributed by atoms with E-state index in [1.807, 2.05) is 0 Å². The molecule has 1 aromatic heterocycles. The Bertz CT molecular complexity index is 3150. The number of furan rings is 1. The van der Waals surface area contributed by atoms with Crippen LogP contribution in [0.3, 0.4) is 0 Å². The first-order valence-electron chi connectivity index (χ1n) is 20.6. The minimum Gasteiger partial charge on any atom is -0.456 e. The first-order chi connectivity index (χ1) is 29.8. The molecule has 0 saturated carbocycles. The molecule has 2 aliphatic carbocycles. The van der Waals surface area contributed by atoms with E-state index in [-0.39, 0.29) is 0 Å². The van der Waals surface area contributed by atoms with E-state index >= 15 is 0 Å². The average molecular weight is 767 g/mol. The van der Waals surface area contributed by atoms with Crippen LogP contribution in [0.1, 0.15) is 22.3 Å². The third kappa shape index (κ3) is 5.09. The van der Waals surface area contributed by atoms with Crippen LogP contribution < -0.4 is 9.80 Å². The SMILES string of the molecule is c1ccc(-c2ccc(N(c3ccccc3)c3ccc4c(c3)C3(c5ccccc5-4)c4cc(N(c5ccccc5)c5ccccc5)ccc4-c4oc5ccccc5c43)cc2)cc1. The summed E-state index contributed by atoms with van der Waals surface area (Å²) in [5.74, 6) is 0.938. The van der Waals surface area contributed by atoms with Crippen molar-refractivity contribution in [2.24, 2.45) is 0 Å². The van der Waals surface area contributed by atoms with Gasteiger partial charge in [0, 0.05) is 50.6 Å². The van der Waals surface area contributed by atoms with E-state index in [1.165, 1.54) is 44.5 Å². The Morgan fingerprint density at radius 1 is 0.317 bits per heavy atom. The first kappa shape index (κ1) is 34.2. The van der Waals surface area contributed by atoms with Crippen molar-refractivity contribution < 1.29 is 4.42 Å². The molecule has 0 radical (unpaired) electrons. The molecule has 0 N–H and O–H groups in total. The van der Waals surface area contributed by atoms with Gasteiger partial charge in [0.2, 0.25) is 0 Å². The molecule has 60 heavy (non-hydrogen) atoms. The number of fused-ring (bicyclic) bond motifs is 12. The molecule has 0 fully saturated rings. The molecule has 0 aliphatic heterocycles. The van der Waals surface area contributed by atoms with Gasteiger partial charge in [-0.1, -0.05) is 146 Å². The molecule has 1 atom stereocenters. The summed E-state index contributed by atoms with van der Waals surface area (Å²) in [6.07, 6.45) is 0. The van der Waals surface area contributed by atoms with Crippen molar-refractivity contribution in [1.82, 2.24) is 0 Å². The molecule has 9 aromatic carbocycles. The summed E-state index contributed by atoms with van der Waals surface area (Å²) in [6, 6.07) is 83.2. The Hall–Kier alpha value is -7.88. The van der Waals surface area contributed by atoms with E-state index in [9.17, 15) is 0 Å². The molecule has 1 unspecified atom stereocenters. The fourth-order valence-corrected chi connectivity index (χ4v) is 9.95. The first-order valence-corrected chi connectivity index (χ1v) is 20.6. The minimum atomic E-state index is -0.659. The maximum Gasteiger partial charge on any atom is 0.140 e. The molecular formula is C57H38N2O. The van der Waals surface area contributed by atoms with Crippen molar-refractivity contribution in [3.8, 4) is 33.6 Å². The fourth-order valence-electron chi connectivity index (χ4n) is 9.95. The smallest absolute Gasteiger partial charge is 0.140 e. The van der Waals surface area contributed by atoms with E-state index in [2.05, 4.69) is 240 Å². The Balaban J connectivity index is 1.12. The van der Waals surface area contributed by atoms with Crippen molar-refractivity contribution in [3.05, 3.63) is 253 Å². The Morgan fingerprint density at radius 3 is 1.37 bits per heavy atom. The quantitative estimate of drug-likeness (QED) is 0.161. The number of anilines is 6. The molecule has 1 heterocycles. The summed E-state index contributed by atoms with van der Waals surface area (Å²) < 4.78 is 6.96. The lowest BCUT2D eigenvalue weighted by molar-refractivity contribution is 0.628. The lowest BCUT2D eigenvalue weighted by atomic mass is 9.70. The van der Waals surface area contributed by atoms with E-state index < -0.39 is 5.41 Å². The van der Waals surface area contributed by atoms with Crippen molar-refractivity contribution >= 4 is 45.1 Å². The van der Waals surface area contributed by atoms with E-state index in [0.717, 1.165) is 56.4 Å². The van der Waals surface area contributed by atoms with Crippen LogP contribution in [0, 0.1) is 0 Å². The molecular weight excluding hydrogens is 729 g/mol. The zero-order valence-corrected chi connectivity index (χ0v) is 32.7. The highest BCUT2D eigenvalue weighted by atomic mass is 16.3. The van der Waals surface area contributed by atoms with Crippen molar-refractivity contribution in [2.75, 3.05) is 9.80 Å². The van der Waals surface area contributed by atoms with Gasteiger partial charge in [-0.25, -0.2) is 0 Å². The monoisotopic (exact) mass is 766 g/mol. The second-order valence-corrected chi connectivity index (χ2v) is 15.6. The van der Waals surface area contributed by atoms with Crippen LogP contribution >= 0.6 is 0 Å². The van der Waals surface area contributed by atoms with Crippen LogP contribution in [0.15, 0.2) is 235 Å². The molecule has 0 saturated heterocycles. The van der Waals surface area contributed by atoms with Crippen LogP contribution in [-0.2, 0) is 5.41 Å². The predicted molar refractivity (Wildman–Crippen MR) is 247 cm³/mol. The normalized spacial score (nSPS) is 14.4. The van der Waals surface area contributed by atoms with E-state index in [4.69, 9.17) is 4.42 Å². The second-order valence-electron chi connectivity index (χ2n) is 15.6. The van der Waals surface area contributed by atoms with Crippen molar-refractivity contribution in [2.45, 2.75) is 5.41 Å². The van der Waals surface area contributed by atoms with Crippen molar-refractivity contribution in [1.29, 1.82) is 0 Å². The molecule has 0 amide bonds. The number of hydrogen-bond acceptors (Lipinski definition) is 3. The highest BCUT2D eigenvalue weighted by Crippen LogP contribution is 2.66. The van der Waals surface area contributed by atoms with Gasteiger partial charge < -0.3 is 14.2 Å². The van der Waals surface area contributed by atoms with Crippen molar-refractivity contribution in [3.63, 3.8) is 0 Å². The minimum absolute atomic E-state index is 0.659. The lowest BCUT2D eigenvalue weighted by Gasteiger charge is -2.33. The van der Waals surface area contributed by atoms with Gasteiger partial charge in [0.25, 0.3) is 0 Å². The Kier molecular flexibility index (Phi) is 7.76. The third-order valence-electron chi connectivity index (χ3n) is 12.4. The lowest BCUT2D eigenvalue weighted by Crippen LogP contribution is -2.26. The predicted octanol–water partition coefficient (Wildman–Crippen LogP) is 15.4. The number of para-hydroxylation sites is 4. The summed E-state index contributed by atoms with van der Waals surface area (Å²) >= 11 is 0. The summed E-state index contributed by atoms with van der Waals surface area (Å²) in [5, 5.41) is 1.14. The van der Waals surface area contributed by atoms with Crippen LogP contribution in [0.2, 0.25) is 0 Å². The summed E-state index contributed by atoms with van der Waals surface area (Å²) in [5.41, 5.74) is 17.8. The number of benzene rings is 9.